The number of rotatable bonds is 58. The van der Waals surface area contributed by atoms with E-state index in [1.54, 1.807) is 0 Å². The summed E-state index contributed by atoms with van der Waals surface area (Å²) >= 11 is 0. The van der Waals surface area contributed by atoms with Crippen LogP contribution in [0.3, 0.4) is 0 Å². The van der Waals surface area contributed by atoms with Gasteiger partial charge in [-0.1, -0.05) is 252 Å². The van der Waals surface area contributed by atoms with Crippen LogP contribution in [0.2, 0.25) is 0 Å². The van der Waals surface area contributed by atoms with E-state index in [4.69, 9.17) is 14.2 Å². The molecule has 0 N–H and O–H groups in total. The van der Waals surface area contributed by atoms with Crippen molar-refractivity contribution in [2.75, 3.05) is 59.6 Å². The Kier molecular flexibility index (Phi) is 55.8. The van der Waals surface area contributed by atoms with Crippen LogP contribution in [0.15, 0.2) is 0 Å². The minimum atomic E-state index is -0.0896. The zero-order chi connectivity index (χ0) is 50.2. The van der Waals surface area contributed by atoms with E-state index in [1.807, 2.05) is 0 Å². The van der Waals surface area contributed by atoms with Gasteiger partial charge in [-0.05, 0) is 84.7 Å². The molecule has 0 bridgehead atoms. The van der Waals surface area contributed by atoms with Crippen molar-refractivity contribution >= 4 is 17.9 Å². The molecule has 0 aromatic carbocycles. The van der Waals surface area contributed by atoms with E-state index in [0.29, 0.717) is 39.1 Å². The highest BCUT2D eigenvalue weighted by Crippen LogP contribution is 2.16. The maximum absolute atomic E-state index is 12.6. The predicted octanol–water partition coefficient (Wildman–Crippen LogP) is 17.9. The molecule has 0 saturated heterocycles. The molecule has 0 aromatic rings. The third kappa shape index (κ3) is 55.5. The molecule has 410 valence electrons. The van der Waals surface area contributed by atoms with Crippen LogP contribution in [0, 0.1) is 0 Å². The van der Waals surface area contributed by atoms with E-state index in [2.05, 4.69) is 37.6 Å². The van der Waals surface area contributed by atoms with E-state index in [-0.39, 0.29) is 17.9 Å². The SMILES string of the molecule is CCCCCCCCCCCCCCCOC(=O)CCCN(C)CCCN(CCCC(=O)OCCCCCCCCCCCCCCC)CCCC(=O)OCCCCCCCCCCCCCCC. The first kappa shape index (κ1) is 67.3. The lowest BCUT2D eigenvalue weighted by atomic mass is 10.0. The molecule has 0 spiro atoms. The molecule has 0 aliphatic carbocycles. The molecule has 0 radical (unpaired) electrons. The third-order valence-corrected chi connectivity index (χ3v) is 14.2. The maximum atomic E-state index is 12.6. The topological polar surface area (TPSA) is 85.4 Å². The molecule has 0 saturated carbocycles. The van der Waals surface area contributed by atoms with Crippen molar-refractivity contribution in [2.24, 2.45) is 0 Å². The van der Waals surface area contributed by atoms with Crippen molar-refractivity contribution < 1.29 is 28.6 Å². The molecule has 0 atom stereocenters. The first-order valence-corrected chi connectivity index (χ1v) is 30.8. The van der Waals surface area contributed by atoms with Crippen molar-refractivity contribution in [1.29, 1.82) is 0 Å². The van der Waals surface area contributed by atoms with Gasteiger partial charge in [-0.25, -0.2) is 0 Å². The fraction of sp³-hybridized carbons (Fsp3) is 0.951. The summed E-state index contributed by atoms with van der Waals surface area (Å²) in [4.78, 5) is 42.3. The summed E-state index contributed by atoms with van der Waals surface area (Å²) in [5.41, 5.74) is 0. The van der Waals surface area contributed by atoms with Gasteiger partial charge in [0.2, 0.25) is 0 Å². The lowest BCUT2D eigenvalue weighted by molar-refractivity contribution is -0.144. The fourth-order valence-electron chi connectivity index (χ4n) is 9.53. The standard InChI is InChI=1S/C61H120N2O6/c1-5-8-11-14-17-20-23-26-29-32-35-38-41-56-67-59(64)48-44-51-62(4)52-47-55-63(53-45-49-60(65)68-57-42-39-36-33-30-27-24-21-18-15-12-9-6-2)54-46-50-61(66)69-58-43-40-37-34-31-28-25-22-19-16-13-10-7-3/h5-58H2,1-4H3. The summed E-state index contributed by atoms with van der Waals surface area (Å²) in [6.45, 7) is 12.8. The maximum Gasteiger partial charge on any atom is 0.305 e. The summed E-state index contributed by atoms with van der Waals surface area (Å²) in [6, 6.07) is 0. The van der Waals surface area contributed by atoms with E-state index >= 15 is 0 Å². The van der Waals surface area contributed by atoms with E-state index in [1.165, 1.54) is 212 Å². The van der Waals surface area contributed by atoms with Crippen molar-refractivity contribution in [1.82, 2.24) is 9.80 Å². The molecule has 0 aromatic heterocycles. The van der Waals surface area contributed by atoms with Gasteiger partial charge in [0.05, 0.1) is 19.8 Å². The summed E-state index contributed by atoms with van der Waals surface area (Å²) in [7, 11) is 2.13. The number of carbonyl (C=O) groups is 3. The van der Waals surface area contributed by atoms with Crippen molar-refractivity contribution in [2.45, 2.75) is 316 Å². The molecular weight excluding hydrogens is 857 g/mol. The Bertz CT molecular complexity index is 1010. The molecule has 8 nitrogen and oxygen atoms in total. The van der Waals surface area contributed by atoms with E-state index < -0.39 is 0 Å². The number of hydrogen-bond acceptors (Lipinski definition) is 8. The second kappa shape index (κ2) is 57.2. The molecule has 0 aliphatic heterocycles. The number of carbonyl (C=O) groups excluding carboxylic acids is 3. The van der Waals surface area contributed by atoms with Crippen molar-refractivity contribution in [3.8, 4) is 0 Å². The summed E-state index contributed by atoms with van der Waals surface area (Å²) < 4.78 is 16.8. The highest BCUT2D eigenvalue weighted by atomic mass is 16.5. The van der Waals surface area contributed by atoms with Crippen LogP contribution >= 0.6 is 0 Å². The predicted molar refractivity (Wildman–Crippen MR) is 296 cm³/mol. The normalized spacial score (nSPS) is 11.6. The lowest BCUT2D eigenvalue weighted by Crippen LogP contribution is -2.31. The number of esters is 3. The van der Waals surface area contributed by atoms with Crippen LogP contribution in [0.4, 0.5) is 0 Å². The third-order valence-electron chi connectivity index (χ3n) is 14.2. The molecular formula is C61H120N2O6. The van der Waals surface area contributed by atoms with Crippen molar-refractivity contribution in [3.05, 3.63) is 0 Å². The zero-order valence-electron chi connectivity index (χ0n) is 47.0. The minimum absolute atomic E-state index is 0.0701. The van der Waals surface area contributed by atoms with Gasteiger partial charge in [-0.3, -0.25) is 14.4 Å². The Morgan fingerprint density at radius 2 is 0.464 bits per heavy atom. The Morgan fingerprint density at radius 3 is 0.725 bits per heavy atom. The minimum Gasteiger partial charge on any atom is -0.466 e. The van der Waals surface area contributed by atoms with Crippen LogP contribution in [0.1, 0.15) is 316 Å². The van der Waals surface area contributed by atoms with Crippen LogP contribution in [-0.2, 0) is 28.6 Å². The number of unbranched alkanes of at least 4 members (excludes halogenated alkanes) is 36. The smallest absolute Gasteiger partial charge is 0.305 e. The van der Waals surface area contributed by atoms with Gasteiger partial charge in [0.25, 0.3) is 0 Å². The average Bonchev–Trinajstić information content (AvgIpc) is 3.34. The second-order valence-corrected chi connectivity index (χ2v) is 21.2. The quantitative estimate of drug-likeness (QED) is 0.0338. The Morgan fingerprint density at radius 1 is 0.261 bits per heavy atom. The first-order chi connectivity index (χ1) is 33.9. The highest BCUT2D eigenvalue weighted by Gasteiger charge is 2.12. The number of hydrogen-bond donors (Lipinski definition) is 0. The summed E-state index contributed by atoms with van der Waals surface area (Å²) in [5.74, 6) is -0.249. The Hall–Kier alpha value is -1.67. The van der Waals surface area contributed by atoms with Crippen LogP contribution in [0.5, 0.6) is 0 Å². The average molecular weight is 978 g/mol. The van der Waals surface area contributed by atoms with Gasteiger partial charge in [0.1, 0.15) is 0 Å². The summed E-state index contributed by atoms with van der Waals surface area (Å²) in [5, 5.41) is 0. The summed E-state index contributed by atoms with van der Waals surface area (Å²) in [6.07, 6.45) is 55.8. The molecule has 8 heteroatoms. The van der Waals surface area contributed by atoms with Gasteiger partial charge in [-0.15, -0.1) is 0 Å². The number of nitrogens with zero attached hydrogens (tertiary/aromatic N) is 2. The highest BCUT2D eigenvalue weighted by molar-refractivity contribution is 5.70. The molecule has 0 unspecified atom stereocenters. The zero-order valence-corrected chi connectivity index (χ0v) is 47.0. The number of ether oxygens (including phenoxy) is 3. The Balaban J connectivity index is 4.33. The van der Waals surface area contributed by atoms with Gasteiger partial charge in [0, 0.05) is 19.3 Å². The van der Waals surface area contributed by atoms with Gasteiger partial charge in [-0.2, -0.15) is 0 Å². The van der Waals surface area contributed by atoms with Crippen LogP contribution < -0.4 is 0 Å². The van der Waals surface area contributed by atoms with Gasteiger partial charge in [0.15, 0.2) is 0 Å². The van der Waals surface area contributed by atoms with E-state index in [0.717, 1.165) is 96.9 Å². The Labute approximate surface area is 430 Å². The molecule has 0 heterocycles. The van der Waals surface area contributed by atoms with Gasteiger partial charge >= 0.3 is 17.9 Å². The van der Waals surface area contributed by atoms with Gasteiger partial charge < -0.3 is 24.0 Å². The lowest BCUT2D eigenvalue weighted by Gasteiger charge is -2.24. The molecule has 0 rings (SSSR count). The first-order valence-electron chi connectivity index (χ1n) is 30.8. The molecule has 69 heavy (non-hydrogen) atoms. The monoisotopic (exact) mass is 977 g/mol. The fourth-order valence-corrected chi connectivity index (χ4v) is 9.53. The van der Waals surface area contributed by atoms with Crippen LogP contribution in [0.25, 0.3) is 0 Å². The van der Waals surface area contributed by atoms with E-state index in [9.17, 15) is 14.4 Å². The second-order valence-electron chi connectivity index (χ2n) is 21.2. The largest absolute Gasteiger partial charge is 0.466 e. The molecule has 0 fully saturated rings. The van der Waals surface area contributed by atoms with Crippen molar-refractivity contribution in [3.63, 3.8) is 0 Å². The molecule has 0 amide bonds. The van der Waals surface area contributed by atoms with Crippen LogP contribution in [-0.4, -0.2) is 87.3 Å². The molecule has 0 aliphatic rings.